The summed E-state index contributed by atoms with van der Waals surface area (Å²) in [5.41, 5.74) is 0.537. The molecule has 12 heavy (non-hydrogen) atoms. The molecule has 0 aliphatic carbocycles. The average molecular weight is 253 g/mol. The Balaban J connectivity index is 3.01. The highest BCUT2D eigenvalue weighted by Gasteiger charge is 2.09. The third-order valence-electron chi connectivity index (χ3n) is 1.47. The fraction of sp³-hybridized carbons (Fsp3) is 0.250. The summed E-state index contributed by atoms with van der Waals surface area (Å²) in [7, 11) is 0. The number of hydrogen-bond donors (Lipinski definition) is 1. The first-order valence-electron chi connectivity index (χ1n) is 3.34. The van der Waals surface area contributed by atoms with Gasteiger partial charge in [-0.1, -0.05) is 33.6 Å². The van der Waals surface area contributed by atoms with E-state index in [1.165, 1.54) is 18.2 Å². The molecule has 1 aromatic rings. The molecule has 1 atom stereocenters. The zero-order valence-corrected chi connectivity index (χ0v) is 8.44. The standard InChI is InChI=1S/C8H7BrClFO/c9-4-8(12)6-2-1-5(11)3-7(6)10/h1-3,8,12H,4H2. The van der Waals surface area contributed by atoms with Crippen molar-refractivity contribution in [2.24, 2.45) is 0 Å². The highest BCUT2D eigenvalue weighted by atomic mass is 79.9. The van der Waals surface area contributed by atoms with Crippen molar-refractivity contribution in [1.82, 2.24) is 0 Å². The van der Waals surface area contributed by atoms with Crippen molar-refractivity contribution in [3.8, 4) is 0 Å². The Kier molecular flexibility index (Phi) is 3.50. The van der Waals surface area contributed by atoms with Crippen LogP contribution >= 0.6 is 27.5 Å². The van der Waals surface area contributed by atoms with Crippen LogP contribution in [-0.4, -0.2) is 10.4 Å². The van der Waals surface area contributed by atoms with Gasteiger partial charge in [0.1, 0.15) is 5.82 Å². The first-order valence-corrected chi connectivity index (χ1v) is 4.84. The molecule has 0 saturated carbocycles. The Bertz CT molecular complexity index is 280. The number of alkyl halides is 1. The molecule has 0 aliphatic heterocycles. The molecule has 0 saturated heterocycles. The second kappa shape index (κ2) is 4.21. The highest BCUT2D eigenvalue weighted by Crippen LogP contribution is 2.24. The Morgan fingerprint density at radius 1 is 1.58 bits per heavy atom. The molecule has 1 nitrogen and oxygen atoms in total. The zero-order chi connectivity index (χ0) is 9.14. The fourth-order valence-corrected chi connectivity index (χ4v) is 1.50. The van der Waals surface area contributed by atoms with Gasteiger partial charge in [-0.2, -0.15) is 0 Å². The van der Waals surface area contributed by atoms with E-state index in [2.05, 4.69) is 15.9 Å². The molecule has 1 rings (SSSR count). The summed E-state index contributed by atoms with van der Waals surface area (Å²) in [6.07, 6.45) is -0.682. The SMILES string of the molecule is OC(CBr)c1ccc(F)cc1Cl. The highest BCUT2D eigenvalue weighted by molar-refractivity contribution is 9.09. The average Bonchev–Trinajstić information content (AvgIpc) is 2.03. The van der Waals surface area contributed by atoms with Crippen molar-refractivity contribution in [2.45, 2.75) is 6.10 Å². The minimum Gasteiger partial charge on any atom is -0.387 e. The lowest BCUT2D eigenvalue weighted by Crippen LogP contribution is -1.99. The lowest BCUT2D eigenvalue weighted by atomic mass is 10.1. The van der Waals surface area contributed by atoms with E-state index in [4.69, 9.17) is 11.6 Å². The smallest absolute Gasteiger partial charge is 0.124 e. The molecule has 1 N–H and O–H groups in total. The van der Waals surface area contributed by atoms with Crippen LogP contribution < -0.4 is 0 Å². The molecule has 0 bridgehead atoms. The van der Waals surface area contributed by atoms with E-state index in [1.54, 1.807) is 0 Å². The predicted molar refractivity (Wildman–Crippen MR) is 50.2 cm³/mol. The van der Waals surface area contributed by atoms with Crippen molar-refractivity contribution < 1.29 is 9.50 Å². The van der Waals surface area contributed by atoms with Crippen LogP contribution in [0.25, 0.3) is 0 Å². The summed E-state index contributed by atoms with van der Waals surface area (Å²) >= 11 is 8.78. The second-order valence-electron chi connectivity index (χ2n) is 2.34. The molecule has 0 heterocycles. The molecule has 0 radical (unpaired) electrons. The maximum absolute atomic E-state index is 12.5. The largest absolute Gasteiger partial charge is 0.387 e. The number of rotatable bonds is 2. The van der Waals surface area contributed by atoms with Gasteiger partial charge in [0.2, 0.25) is 0 Å². The van der Waals surface area contributed by atoms with Crippen LogP contribution in [0.4, 0.5) is 4.39 Å². The van der Waals surface area contributed by atoms with Crippen LogP contribution in [0.5, 0.6) is 0 Å². The molecule has 0 fully saturated rings. The summed E-state index contributed by atoms with van der Waals surface area (Å²) in [5, 5.41) is 9.99. The van der Waals surface area contributed by atoms with E-state index in [-0.39, 0.29) is 5.02 Å². The van der Waals surface area contributed by atoms with E-state index < -0.39 is 11.9 Å². The van der Waals surface area contributed by atoms with Gasteiger partial charge in [-0.15, -0.1) is 0 Å². The van der Waals surface area contributed by atoms with E-state index in [9.17, 15) is 9.50 Å². The topological polar surface area (TPSA) is 20.2 Å². The van der Waals surface area contributed by atoms with Gasteiger partial charge in [0.15, 0.2) is 0 Å². The zero-order valence-electron chi connectivity index (χ0n) is 6.10. The minimum absolute atomic E-state index is 0.252. The molecule has 66 valence electrons. The Labute approximate surface area is 83.3 Å². The maximum atomic E-state index is 12.5. The molecule has 0 aromatic heterocycles. The summed E-state index contributed by atoms with van der Waals surface area (Å²) in [5.74, 6) is -0.398. The third kappa shape index (κ3) is 2.19. The summed E-state index contributed by atoms with van der Waals surface area (Å²) in [6, 6.07) is 3.93. The first kappa shape index (κ1) is 9.96. The molecule has 4 heteroatoms. The van der Waals surface area contributed by atoms with Crippen molar-refractivity contribution in [3.05, 3.63) is 34.6 Å². The number of halogens is 3. The van der Waals surface area contributed by atoms with Crippen LogP contribution in [0.1, 0.15) is 11.7 Å². The number of hydrogen-bond acceptors (Lipinski definition) is 1. The quantitative estimate of drug-likeness (QED) is 0.804. The molecule has 0 aliphatic rings. The van der Waals surface area contributed by atoms with Crippen LogP contribution in [0.2, 0.25) is 5.02 Å². The van der Waals surface area contributed by atoms with Crippen LogP contribution in [0.15, 0.2) is 18.2 Å². The van der Waals surface area contributed by atoms with Gasteiger partial charge >= 0.3 is 0 Å². The van der Waals surface area contributed by atoms with Gasteiger partial charge in [0.25, 0.3) is 0 Å². The number of benzene rings is 1. The van der Waals surface area contributed by atoms with Gasteiger partial charge in [0, 0.05) is 15.9 Å². The Hall–Kier alpha value is -0.120. The summed E-state index contributed by atoms with van der Waals surface area (Å²) in [4.78, 5) is 0. The van der Waals surface area contributed by atoms with E-state index in [1.807, 2.05) is 0 Å². The van der Waals surface area contributed by atoms with Crippen LogP contribution in [-0.2, 0) is 0 Å². The number of aliphatic hydroxyl groups is 1. The molecule has 0 spiro atoms. The van der Waals surface area contributed by atoms with Crippen molar-refractivity contribution in [1.29, 1.82) is 0 Å². The van der Waals surface area contributed by atoms with E-state index in [0.29, 0.717) is 10.9 Å². The van der Waals surface area contributed by atoms with Crippen LogP contribution in [0.3, 0.4) is 0 Å². The molecule has 1 aromatic carbocycles. The molecular formula is C8H7BrClFO. The summed E-state index contributed by atoms with van der Waals surface area (Å²) < 4.78 is 12.5. The van der Waals surface area contributed by atoms with E-state index >= 15 is 0 Å². The van der Waals surface area contributed by atoms with Crippen LogP contribution in [0, 0.1) is 5.82 Å². The molecule has 1 unspecified atom stereocenters. The minimum atomic E-state index is -0.682. The first-order chi connectivity index (χ1) is 5.65. The van der Waals surface area contributed by atoms with Crippen molar-refractivity contribution in [3.63, 3.8) is 0 Å². The lowest BCUT2D eigenvalue weighted by Gasteiger charge is -2.08. The van der Waals surface area contributed by atoms with Gasteiger partial charge in [-0.3, -0.25) is 0 Å². The van der Waals surface area contributed by atoms with Gasteiger partial charge < -0.3 is 5.11 Å². The van der Waals surface area contributed by atoms with Gasteiger partial charge in [-0.05, 0) is 12.1 Å². The third-order valence-corrected chi connectivity index (χ3v) is 2.41. The normalized spacial score (nSPS) is 13.0. The number of aliphatic hydroxyl groups excluding tert-OH is 1. The monoisotopic (exact) mass is 252 g/mol. The Morgan fingerprint density at radius 3 is 2.75 bits per heavy atom. The van der Waals surface area contributed by atoms with Crippen molar-refractivity contribution in [2.75, 3.05) is 5.33 Å². The Morgan fingerprint density at radius 2 is 2.25 bits per heavy atom. The summed E-state index contributed by atoms with van der Waals surface area (Å²) in [6.45, 7) is 0. The van der Waals surface area contributed by atoms with Gasteiger partial charge in [0.05, 0.1) is 6.10 Å². The van der Waals surface area contributed by atoms with Crippen molar-refractivity contribution >= 4 is 27.5 Å². The molecule has 0 amide bonds. The van der Waals surface area contributed by atoms with Gasteiger partial charge in [-0.25, -0.2) is 4.39 Å². The lowest BCUT2D eigenvalue weighted by molar-refractivity contribution is 0.205. The maximum Gasteiger partial charge on any atom is 0.124 e. The predicted octanol–water partition coefficient (Wildman–Crippen LogP) is 2.91. The molecular weight excluding hydrogens is 246 g/mol. The second-order valence-corrected chi connectivity index (χ2v) is 3.39. The van der Waals surface area contributed by atoms with E-state index in [0.717, 1.165) is 0 Å². The fourth-order valence-electron chi connectivity index (χ4n) is 0.855.